The Morgan fingerprint density at radius 2 is 2.23 bits per heavy atom. The number of aliphatic hydroxyl groups is 1. The van der Waals surface area contributed by atoms with Crippen LogP contribution in [0, 0.1) is 11.7 Å². The van der Waals surface area contributed by atoms with Crippen molar-refractivity contribution in [3.63, 3.8) is 0 Å². The first-order valence-electron chi connectivity index (χ1n) is 7.42. The lowest BCUT2D eigenvalue weighted by Gasteiger charge is -2.27. The van der Waals surface area contributed by atoms with Crippen molar-refractivity contribution >= 4 is 16.9 Å². The minimum Gasteiger partial charge on any atom is -0.388 e. The number of amides is 1. The highest BCUT2D eigenvalue weighted by Gasteiger charge is 2.25. The fourth-order valence-electron chi connectivity index (χ4n) is 1.97. The molecule has 1 aromatic carbocycles. The van der Waals surface area contributed by atoms with Crippen LogP contribution in [0.15, 0.2) is 18.2 Å². The third-order valence-electron chi connectivity index (χ3n) is 3.99. The summed E-state index contributed by atoms with van der Waals surface area (Å²) in [4.78, 5) is 19.0. The van der Waals surface area contributed by atoms with E-state index in [0.717, 1.165) is 0 Å². The molecule has 1 amide bonds. The summed E-state index contributed by atoms with van der Waals surface area (Å²) in [6, 6.07) is 4.71. The predicted octanol–water partition coefficient (Wildman–Crippen LogP) is 2.16. The van der Waals surface area contributed by atoms with Crippen molar-refractivity contribution in [1.29, 1.82) is 0 Å². The lowest BCUT2D eigenvalue weighted by molar-refractivity contribution is -0.122. The Morgan fingerprint density at radius 3 is 2.86 bits per heavy atom. The van der Waals surface area contributed by atoms with Crippen LogP contribution in [0.4, 0.5) is 4.39 Å². The Kier molecular flexibility index (Phi) is 4.81. The molecule has 5 nitrogen and oxygen atoms in total. The number of H-pyrrole nitrogens is 1. The van der Waals surface area contributed by atoms with E-state index in [4.69, 9.17) is 0 Å². The lowest BCUT2D eigenvalue weighted by atomic mass is 9.92. The number of hydrogen-bond donors (Lipinski definition) is 3. The van der Waals surface area contributed by atoms with Crippen LogP contribution in [0.25, 0.3) is 11.0 Å². The molecule has 2 aromatic rings. The Balaban J connectivity index is 1.89. The summed E-state index contributed by atoms with van der Waals surface area (Å²) in [6.07, 6.45) is 0.624. The van der Waals surface area contributed by atoms with Gasteiger partial charge < -0.3 is 15.4 Å². The highest BCUT2D eigenvalue weighted by molar-refractivity contribution is 5.77. The van der Waals surface area contributed by atoms with Crippen molar-refractivity contribution in [3.05, 3.63) is 29.8 Å². The number of hydrogen-bond acceptors (Lipinski definition) is 3. The molecule has 0 bridgehead atoms. The van der Waals surface area contributed by atoms with Gasteiger partial charge in [-0.05, 0) is 25.0 Å². The smallest absolute Gasteiger partial charge is 0.220 e. The minimum absolute atomic E-state index is 0.0474. The fourth-order valence-corrected chi connectivity index (χ4v) is 1.97. The highest BCUT2D eigenvalue weighted by atomic mass is 19.1. The molecule has 0 saturated carbocycles. The lowest BCUT2D eigenvalue weighted by Crippen LogP contribution is -2.44. The normalized spacial score (nSPS) is 14.3. The second kappa shape index (κ2) is 6.44. The number of nitrogens with zero attached hydrogens (tertiary/aromatic N) is 1. The third kappa shape index (κ3) is 3.82. The summed E-state index contributed by atoms with van der Waals surface area (Å²) in [5.74, 6) is 0.0799. The van der Waals surface area contributed by atoms with Gasteiger partial charge in [0.25, 0.3) is 0 Å². The van der Waals surface area contributed by atoms with Gasteiger partial charge in [0.2, 0.25) is 5.91 Å². The SMILES string of the molecule is CC(C)C(C)(O)CNC(=O)CCc1nc2c(F)cccc2[nH]1. The summed E-state index contributed by atoms with van der Waals surface area (Å²) < 4.78 is 13.5. The summed E-state index contributed by atoms with van der Waals surface area (Å²) in [5.41, 5.74) is -0.0168. The molecule has 0 aliphatic rings. The van der Waals surface area contributed by atoms with Crippen molar-refractivity contribution in [3.8, 4) is 0 Å². The molecule has 1 heterocycles. The van der Waals surface area contributed by atoms with Crippen LogP contribution in [0.5, 0.6) is 0 Å². The topological polar surface area (TPSA) is 78.0 Å². The fraction of sp³-hybridized carbons (Fsp3) is 0.500. The Bertz CT molecular complexity index is 664. The van der Waals surface area contributed by atoms with E-state index in [-0.39, 0.29) is 30.6 Å². The molecule has 0 saturated heterocycles. The van der Waals surface area contributed by atoms with Gasteiger partial charge in [-0.3, -0.25) is 4.79 Å². The minimum atomic E-state index is -0.932. The molecule has 0 radical (unpaired) electrons. The number of benzene rings is 1. The van der Waals surface area contributed by atoms with Crippen molar-refractivity contribution in [2.45, 2.75) is 39.2 Å². The summed E-state index contributed by atoms with van der Waals surface area (Å²) in [6.45, 7) is 5.70. The number of carbonyl (C=O) groups excluding carboxylic acids is 1. The van der Waals surface area contributed by atoms with Gasteiger partial charge in [-0.2, -0.15) is 0 Å². The summed E-state index contributed by atoms with van der Waals surface area (Å²) in [7, 11) is 0. The number of para-hydroxylation sites is 1. The van der Waals surface area contributed by atoms with Crippen molar-refractivity contribution in [2.24, 2.45) is 5.92 Å². The standard InChI is InChI=1S/C16H22FN3O2/c1-10(2)16(3,22)9-18-14(21)8-7-13-19-12-6-4-5-11(17)15(12)20-13/h4-6,10,22H,7-9H2,1-3H3,(H,18,21)(H,19,20). The van der Waals surface area contributed by atoms with Crippen molar-refractivity contribution in [1.82, 2.24) is 15.3 Å². The third-order valence-corrected chi connectivity index (χ3v) is 3.99. The van der Waals surface area contributed by atoms with Crippen LogP contribution in [0.2, 0.25) is 0 Å². The number of fused-ring (bicyclic) bond motifs is 1. The van der Waals surface area contributed by atoms with Crippen LogP contribution in [0.3, 0.4) is 0 Å². The zero-order valence-corrected chi connectivity index (χ0v) is 13.1. The molecular weight excluding hydrogens is 285 g/mol. The van der Waals surface area contributed by atoms with Crippen LogP contribution < -0.4 is 5.32 Å². The van der Waals surface area contributed by atoms with E-state index >= 15 is 0 Å². The summed E-state index contributed by atoms with van der Waals surface area (Å²) in [5, 5.41) is 12.8. The molecule has 0 aliphatic heterocycles. The highest BCUT2D eigenvalue weighted by Crippen LogP contribution is 2.16. The van der Waals surface area contributed by atoms with Crippen LogP contribution in [0.1, 0.15) is 33.0 Å². The molecule has 22 heavy (non-hydrogen) atoms. The maximum absolute atomic E-state index is 13.5. The van der Waals surface area contributed by atoms with E-state index in [0.29, 0.717) is 23.3 Å². The number of aromatic nitrogens is 2. The van der Waals surface area contributed by atoms with Gasteiger partial charge in [0.05, 0.1) is 11.1 Å². The Hall–Kier alpha value is -1.95. The van der Waals surface area contributed by atoms with Gasteiger partial charge in [-0.15, -0.1) is 0 Å². The average molecular weight is 307 g/mol. The van der Waals surface area contributed by atoms with E-state index in [2.05, 4.69) is 15.3 Å². The van der Waals surface area contributed by atoms with Crippen LogP contribution >= 0.6 is 0 Å². The Morgan fingerprint density at radius 1 is 1.50 bits per heavy atom. The van der Waals surface area contributed by atoms with Crippen LogP contribution in [-0.4, -0.2) is 33.1 Å². The van der Waals surface area contributed by atoms with Gasteiger partial charge >= 0.3 is 0 Å². The van der Waals surface area contributed by atoms with Crippen molar-refractivity contribution in [2.75, 3.05) is 6.54 Å². The monoisotopic (exact) mass is 307 g/mol. The number of aryl methyl sites for hydroxylation is 1. The molecule has 2 rings (SSSR count). The Labute approximate surface area is 128 Å². The number of halogens is 1. The molecule has 6 heteroatoms. The number of imidazole rings is 1. The number of aromatic amines is 1. The van der Waals surface area contributed by atoms with Gasteiger partial charge in [-0.1, -0.05) is 19.9 Å². The van der Waals surface area contributed by atoms with Gasteiger partial charge in [0.1, 0.15) is 11.3 Å². The largest absolute Gasteiger partial charge is 0.388 e. The molecule has 1 aromatic heterocycles. The number of carbonyl (C=O) groups is 1. The zero-order valence-electron chi connectivity index (χ0n) is 13.1. The van der Waals surface area contributed by atoms with E-state index in [1.807, 2.05) is 13.8 Å². The van der Waals surface area contributed by atoms with Gasteiger partial charge in [0.15, 0.2) is 5.82 Å². The van der Waals surface area contributed by atoms with E-state index in [1.54, 1.807) is 19.1 Å². The molecule has 0 aliphatic carbocycles. The summed E-state index contributed by atoms with van der Waals surface area (Å²) >= 11 is 0. The first-order valence-corrected chi connectivity index (χ1v) is 7.42. The maximum Gasteiger partial charge on any atom is 0.220 e. The average Bonchev–Trinajstić information content (AvgIpc) is 2.87. The quantitative estimate of drug-likeness (QED) is 0.765. The number of nitrogens with one attached hydrogen (secondary N) is 2. The molecular formula is C16H22FN3O2. The number of rotatable bonds is 6. The van der Waals surface area contributed by atoms with Gasteiger partial charge in [0, 0.05) is 19.4 Å². The van der Waals surface area contributed by atoms with Crippen molar-refractivity contribution < 1.29 is 14.3 Å². The zero-order chi connectivity index (χ0) is 16.3. The van der Waals surface area contributed by atoms with Crippen LogP contribution in [-0.2, 0) is 11.2 Å². The second-order valence-electron chi connectivity index (χ2n) is 6.11. The molecule has 1 unspecified atom stereocenters. The molecule has 1 atom stereocenters. The van der Waals surface area contributed by atoms with E-state index < -0.39 is 5.60 Å². The maximum atomic E-state index is 13.5. The first-order chi connectivity index (χ1) is 10.3. The second-order valence-corrected chi connectivity index (χ2v) is 6.11. The van der Waals surface area contributed by atoms with E-state index in [1.165, 1.54) is 6.07 Å². The molecule has 3 N–H and O–H groups in total. The molecule has 120 valence electrons. The first kappa shape index (κ1) is 16.4. The van der Waals surface area contributed by atoms with Gasteiger partial charge in [-0.25, -0.2) is 9.37 Å². The molecule has 0 fully saturated rings. The van der Waals surface area contributed by atoms with E-state index in [9.17, 15) is 14.3 Å². The predicted molar refractivity (Wildman–Crippen MR) is 82.8 cm³/mol. The molecule has 0 spiro atoms.